The van der Waals surface area contributed by atoms with Crippen LogP contribution in [-0.4, -0.2) is 24.0 Å². The topological polar surface area (TPSA) is 41.1 Å². The Hall–Kier alpha value is -0.280. The van der Waals surface area contributed by atoms with Crippen molar-refractivity contribution in [2.45, 2.75) is 57.5 Å². The zero-order chi connectivity index (χ0) is 10.9. The third kappa shape index (κ3) is 3.11. The highest BCUT2D eigenvalue weighted by atomic mass is 35.5. The molecule has 0 aromatic carbocycles. The van der Waals surface area contributed by atoms with Crippen LogP contribution in [0.15, 0.2) is 0 Å². The van der Waals surface area contributed by atoms with E-state index in [1.54, 1.807) is 0 Å². The van der Waals surface area contributed by atoms with Crippen LogP contribution in [0, 0.1) is 5.92 Å². The Bertz CT molecular complexity index is 253. The molecular formula is C12H23ClN2O. The van der Waals surface area contributed by atoms with Crippen molar-refractivity contribution in [3.8, 4) is 0 Å². The van der Waals surface area contributed by atoms with Crippen LogP contribution in [0.5, 0.6) is 0 Å². The molecule has 0 aromatic rings. The molecule has 2 atom stereocenters. The molecule has 1 aliphatic heterocycles. The number of hydrogen-bond donors (Lipinski definition) is 2. The third-order valence-electron chi connectivity index (χ3n) is 3.88. The molecule has 1 aliphatic carbocycles. The van der Waals surface area contributed by atoms with E-state index in [-0.39, 0.29) is 29.8 Å². The number of carbonyl (C=O) groups is 1. The monoisotopic (exact) mass is 246 g/mol. The van der Waals surface area contributed by atoms with E-state index >= 15 is 0 Å². The third-order valence-corrected chi connectivity index (χ3v) is 3.88. The molecule has 0 bridgehead atoms. The normalized spacial score (nSPS) is 32.1. The first-order chi connectivity index (χ1) is 7.09. The molecule has 1 saturated carbocycles. The summed E-state index contributed by atoms with van der Waals surface area (Å²) < 4.78 is 0. The molecule has 2 aliphatic rings. The number of hydrogen-bond acceptors (Lipinski definition) is 2. The minimum atomic E-state index is 0. The van der Waals surface area contributed by atoms with Gasteiger partial charge in [0.25, 0.3) is 0 Å². The van der Waals surface area contributed by atoms with Crippen molar-refractivity contribution >= 4 is 18.3 Å². The van der Waals surface area contributed by atoms with Crippen LogP contribution in [0.2, 0.25) is 0 Å². The van der Waals surface area contributed by atoms with Crippen molar-refractivity contribution in [1.82, 2.24) is 10.6 Å². The Morgan fingerprint density at radius 3 is 2.62 bits per heavy atom. The van der Waals surface area contributed by atoms with E-state index in [0.29, 0.717) is 6.04 Å². The summed E-state index contributed by atoms with van der Waals surface area (Å²) >= 11 is 0. The van der Waals surface area contributed by atoms with Gasteiger partial charge in [-0.3, -0.25) is 4.79 Å². The van der Waals surface area contributed by atoms with Gasteiger partial charge in [-0.2, -0.15) is 0 Å². The van der Waals surface area contributed by atoms with Crippen LogP contribution >= 0.6 is 12.4 Å². The Kier molecular flexibility index (Phi) is 4.62. The lowest BCUT2D eigenvalue weighted by atomic mass is 9.78. The van der Waals surface area contributed by atoms with Gasteiger partial charge in [0.05, 0.1) is 0 Å². The standard InChI is InChI=1S/C12H22N2O.ClH/c1-9-8-10(4-7-13-9)11(15)14-12(2)5-3-6-12;/h9-10,13H,3-8H2,1-2H3,(H,14,15);1H/t9-,10-;/m0./s1. The minimum Gasteiger partial charge on any atom is -0.351 e. The Balaban J connectivity index is 0.00000128. The summed E-state index contributed by atoms with van der Waals surface area (Å²) in [6.45, 7) is 5.30. The molecule has 1 amide bonds. The van der Waals surface area contributed by atoms with E-state index in [1.165, 1.54) is 6.42 Å². The van der Waals surface area contributed by atoms with Gasteiger partial charge in [-0.1, -0.05) is 0 Å². The van der Waals surface area contributed by atoms with Crippen molar-refractivity contribution in [3.63, 3.8) is 0 Å². The summed E-state index contributed by atoms with van der Waals surface area (Å²) in [6.07, 6.45) is 5.55. The summed E-state index contributed by atoms with van der Waals surface area (Å²) in [4.78, 5) is 12.0. The van der Waals surface area contributed by atoms with Gasteiger partial charge in [0.15, 0.2) is 0 Å². The molecule has 0 aromatic heterocycles. The second-order valence-electron chi connectivity index (χ2n) is 5.48. The van der Waals surface area contributed by atoms with Crippen LogP contribution in [0.3, 0.4) is 0 Å². The number of amides is 1. The minimum absolute atomic E-state index is 0. The highest BCUT2D eigenvalue weighted by Gasteiger charge is 2.35. The second-order valence-corrected chi connectivity index (χ2v) is 5.48. The predicted octanol–water partition coefficient (Wildman–Crippen LogP) is 1.86. The number of carbonyl (C=O) groups excluding carboxylic acids is 1. The average molecular weight is 247 g/mol. The first-order valence-corrected chi connectivity index (χ1v) is 6.14. The van der Waals surface area contributed by atoms with E-state index in [4.69, 9.17) is 0 Å². The maximum absolute atomic E-state index is 12.0. The summed E-state index contributed by atoms with van der Waals surface area (Å²) in [7, 11) is 0. The molecule has 0 unspecified atom stereocenters. The van der Waals surface area contributed by atoms with Gasteiger partial charge in [0.1, 0.15) is 0 Å². The quantitative estimate of drug-likeness (QED) is 0.781. The molecule has 0 radical (unpaired) electrons. The zero-order valence-electron chi connectivity index (χ0n) is 10.2. The van der Waals surface area contributed by atoms with Crippen molar-refractivity contribution in [1.29, 1.82) is 0 Å². The lowest BCUT2D eigenvalue weighted by Gasteiger charge is -2.41. The lowest BCUT2D eigenvalue weighted by Crippen LogP contribution is -2.54. The highest BCUT2D eigenvalue weighted by Crippen LogP contribution is 2.31. The predicted molar refractivity (Wildman–Crippen MR) is 67.8 cm³/mol. The highest BCUT2D eigenvalue weighted by molar-refractivity contribution is 5.85. The van der Waals surface area contributed by atoms with Gasteiger partial charge in [0.2, 0.25) is 5.91 Å². The molecule has 0 spiro atoms. The molecule has 2 N–H and O–H groups in total. The van der Waals surface area contributed by atoms with Crippen molar-refractivity contribution in [2.75, 3.05) is 6.54 Å². The van der Waals surface area contributed by atoms with Gasteiger partial charge >= 0.3 is 0 Å². The number of rotatable bonds is 2. The van der Waals surface area contributed by atoms with Gasteiger partial charge < -0.3 is 10.6 Å². The lowest BCUT2D eigenvalue weighted by molar-refractivity contribution is -0.128. The second kappa shape index (κ2) is 5.37. The fraction of sp³-hybridized carbons (Fsp3) is 0.917. The van der Waals surface area contributed by atoms with E-state index in [9.17, 15) is 4.79 Å². The molecule has 1 saturated heterocycles. The van der Waals surface area contributed by atoms with Crippen molar-refractivity contribution in [2.24, 2.45) is 5.92 Å². The maximum atomic E-state index is 12.0. The summed E-state index contributed by atoms with van der Waals surface area (Å²) in [5.74, 6) is 0.518. The maximum Gasteiger partial charge on any atom is 0.223 e. The fourth-order valence-electron chi connectivity index (χ4n) is 2.60. The average Bonchev–Trinajstić information content (AvgIpc) is 2.15. The van der Waals surface area contributed by atoms with E-state index in [0.717, 1.165) is 32.2 Å². The smallest absolute Gasteiger partial charge is 0.223 e. The van der Waals surface area contributed by atoms with Gasteiger partial charge in [-0.05, 0) is 52.5 Å². The largest absolute Gasteiger partial charge is 0.351 e. The number of piperidine rings is 1. The molecule has 94 valence electrons. The number of nitrogens with one attached hydrogen (secondary N) is 2. The fourth-order valence-corrected chi connectivity index (χ4v) is 2.60. The van der Waals surface area contributed by atoms with E-state index < -0.39 is 0 Å². The van der Waals surface area contributed by atoms with Crippen LogP contribution in [0.1, 0.15) is 46.0 Å². The van der Waals surface area contributed by atoms with Gasteiger partial charge in [-0.15, -0.1) is 12.4 Å². The zero-order valence-corrected chi connectivity index (χ0v) is 11.0. The van der Waals surface area contributed by atoms with Crippen LogP contribution < -0.4 is 10.6 Å². The molecule has 1 heterocycles. The van der Waals surface area contributed by atoms with Crippen molar-refractivity contribution in [3.05, 3.63) is 0 Å². The Morgan fingerprint density at radius 1 is 1.44 bits per heavy atom. The molecule has 3 nitrogen and oxygen atoms in total. The van der Waals surface area contributed by atoms with Crippen LogP contribution in [-0.2, 0) is 4.79 Å². The summed E-state index contributed by atoms with van der Waals surface area (Å²) in [5.41, 5.74) is 0.116. The first kappa shape index (κ1) is 13.8. The summed E-state index contributed by atoms with van der Waals surface area (Å²) in [6, 6.07) is 0.490. The summed E-state index contributed by atoms with van der Waals surface area (Å²) in [5, 5.41) is 6.59. The SMILES string of the molecule is C[C@H]1C[C@@H](C(=O)NC2(C)CCC2)CCN1.Cl. The first-order valence-electron chi connectivity index (χ1n) is 6.14. The Morgan fingerprint density at radius 2 is 2.12 bits per heavy atom. The van der Waals surface area contributed by atoms with E-state index in [1.807, 2.05) is 0 Å². The van der Waals surface area contributed by atoms with Crippen LogP contribution in [0.25, 0.3) is 0 Å². The van der Waals surface area contributed by atoms with Gasteiger partial charge in [0, 0.05) is 17.5 Å². The van der Waals surface area contributed by atoms with E-state index in [2.05, 4.69) is 24.5 Å². The molecule has 2 fully saturated rings. The molecule has 2 rings (SSSR count). The van der Waals surface area contributed by atoms with Crippen LogP contribution in [0.4, 0.5) is 0 Å². The molecule has 16 heavy (non-hydrogen) atoms. The molecular weight excluding hydrogens is 224 g/mol. The number of halogens is 1. The van der Waals surface area contributed by atoms with Gasteiger partial charge in [-0.25, -0.2) is 0 Å². The van der Waals surface area contributed by atoms with Crippen molar-refractivity contribution < 1.29 is 4.79 Å². The molecule has 4 heteroatoms. The Labute approximate surface area is 104 Å².